The lowest BCUT2D eigenvalue weighted by Crippen LogP contribution is -2.70. The zero-order chi connectivity index (χ0) is 33.1. The molecule has 1 atom stereocenters. The van der Waals surface area contributed by atoms with Gasteiger partial charge in [0.25, 0.3) is 0 Å². The van der Waals surface area contributed by atoms with Crippen molar-refractivity contribution in [2.24, 2.45) is 5.92 Å². The highest BCUT2D eigenvalue weighted by atomic mass is 19.4. The normalized spacial score (nSPS) is 19.2. The fourth-order valence-corrected chi connectivity index (χ4v) is 3.15. The van der Waals surface area contributed by atoms with Crippen LogP contribution in [0.25, 0.3) is 0 Å². The van der Waals surface area contributed by atoms with Crippen molar-refractivity contribution in [3.63, 3.8) is 0 Å². The van der Waals surface area contributed by atoms with E-state index in [1.54, 1.807) is 0 Å². The van der Waals surface area contributed by atoms with Gasteiger partial charge in [0.1, 0.15) is 0 Å². The van der Waals surface area contributed by atoms with E-state index in [2.05, 4.69) is 0 Å². The Bertz CT molecular complexity index is 991. The average Bonchev–Trinajstić information content (AvgIpc) is 3.22. The van der Waals surface area contributed by atoms with E-state index in [0.29, 0.717) is 18.2 Å². The van der Waals surface area contributed by atoms with Crippen molar-refractivity contribution < 1.29 is 96.6 Å². The van der Waals surface area contributed by atoms with Gasteiger partial charge >= 0.3 is 59.7 Å². The molecule has 0 aromatic heterocycles. The van der Waals surface area contributed by atoms with Crippen LogP contribution in [0.15, 0.2) is 23.8 Å². The van der Waals surface area contributed by atoms with E-state index in [0.717, 1.165) is 0 Å². The second-order valence-corrected chi connectivity index (χ2v) is 8.65. The molecule has 0 bridgehead atoms. The lowest BCUT2D eigenvalue weighted by molar-refractivity contribution is -0.440. The Labute approximate surface area is 213 Å². The van der Waals surface area contributed by atoms with Crippen molar-refractivity contribution in [1.82, 2.24) is 0 Å². The molecule has 242 valence electrons. The third kappa shape index (κ3) is 5.93. The molecule has 1 aliphatic carbocycles. The number of hydrogen-bond donors (Lipinski definition) is 0. The summed E-state index contributed by atoms with van der Waals surface area (Å²) >= 11 is 0. The van der Waals surface area contributed by atoms with Gasteiger partial charge in [-0.25, -0.2) is 0 Å². The van der Waals surface area contributed by atoms with Crippen LogP contribution in [0, 0.1) is 5.92 Å². The first-order valence-electron chi connectivity index (χ1n) is 10.2. The Balaban J connectivity index is 3.05. The molecule has 0 saturated carbocycles. The van der Waals surface area contributed by atoms with Crippen LogP contribution in [-0.4, -0.2) is 59.7 Å². The van der Waals surface area contributed by atoms with Crippen LogP contribution >= 0.6 is 0 Å². The second kappa shape index (κ2) is 10.3. The molecule has 41 heavy (non-hydrogen) atoms. The number of rotatable bonds is 12. The van der Waals surface area contributed by atoms with Gasteiger partial charge in [-0.05, 0) is 18.8 Å². The molecular formula is C19H12F22. The van der Waals surface area contributed by atoms with E-state index < -0.39 is 96.9 Å². The van der Waals surface area contributed by atoms with Crippen LogP contribution in [0.2, 0.25) is 0 Å². The van der Waals surface area contributed by atoms with Gasteiger partial charge in [0.2, 0.25) is 0 Å². The first kappa shape index (κ1) is 37.0. The van der Waals surface area contributed by atoms with Crippen molar-refractivity contribution in [3.8, 4) is 0 Å². The lowest BCUT2D eigenvalue weighted by Gasteiger charge is -2.39. The molecule has 0 fully saturated rings. The maximum absolute atomic E-state index is 13.8. The molecule has 0 nitrogen and oxygen atoms in total. The van der Waals surface area contributed by atoms with Gasteiger partial charge in [0.05, 0.1) is 0 Å². The first-order chi connectivity index (χ1) is 17.7. The summed E-state index contributed by atoms with van der Waals surface area (Å²) in [6, 6.07) is 0. The van der Waals surface area contributed by atoms with Gasteiger partial charge in [0, 0.05) is 12.8 Å². The molecule has 0 spiro atoms. The lowest BCUT2D eigenvalue weighted by atomic mass is 9.90. The number of halogens is 22. The number of alkyl halides is 22. The molecule has 0 N–H and O–H groups in total. The van der Waals surface area contributed by atoms with Crippen LogP contribution in [0.5, 0.6) is 0 Å². The quantitative estimate of drug-likeness (QED) is 0.183. The highest BCUT2D eigenvalue weighted by molar-refractivity contribution is 5.29. The predicted molar refractivity (Wildman–Crippen MR) is 90.9 cm³/mol. The predicted octanol–water partition coefficient (Wildman–Crippen LogP) is 9.87. The molecule has 0 aromatic carbocycles. The molecular weight excluding hydrogens is 646 g/mol. The zero-order valence-corrected chi connectivity index (χ0v) is 19.0. The van der Waals surface area contributed by atoms with Gasteiger partial charge in [0.15, 0.2) is 0 Å². The average molecular weight is 658 g/mol. The van der Waals surface area contributed by atoms with E-state index in [9.17, 15) is 96.6 Å². The second-order valence-electron chi connectivity index (χ2n) is 8.65. The summed E-state index contributed by atoms with van der Waals surface area (Å²) < 4.78 is 286. The molecule has 1 aliphatic rings. The summed E-state index contributed by atoms with van der Waals surface area (Å²) in [7, 11) is 0. The summed E-state index contributed by atoms with van der Waals surface area (Å²) in [5.41, 5.74) is -0.711. The number of hydrogen-bond acceptors (Lipinski definition) is 0. The van der Waals surface area contributed by atoms with Gasteiger partial charge in [-0.1, -0.05) is 23.8 Å². The van der Waals surface area contributed by atoms with Crippen LogP contribution in [0.3, 0.4) is 0 Å². The maximum Gasteiger partial charge on any atom is 0.460 e. The van der Waals surface area contributed by atoms with Gasteiger partial charge in [-0.2, -0.15) is 96.6 Å². The van der Waals surface area contributed by atoms with E-state index in [4.69, 9.17) is 0 Å². The summed E-state index contributed by atoms with van der Waals surface area (Å²) in [5.74, 6) is -60.2. The van der Waals surface area contributed by atoms with Gasteiger partial charge in [-0.15, -0.1) is 0 Å². The highest BCUT2D eigenvalue weighted by Crippen LogP contribution is 2.61. The Morgan fingerprint density at radius 1 is 0.439 bits per heavy atom. The smallest absolute Gasteiger partial charge is 0.200 e. The molecule has 0 amide bonds. The molecule has 0 saturated heterocycles. The largest absolute Gasteiger partial charge is 0.460 e. The van der Waals surface area contributed by atoms with Crippen LogP contribution in [-0.2, 0) is 0 Å². The third-order valence-corrected chi connectivity index (χ3v) is 5.71. The summed E-state index contributed by atoms with van der Waals surface area (Å²) in [4.78, 5) is 0. The molecule has 1 rings (SSSR count). The summed E-state index contributed by atoms with van der Waals surface area (Å²) in [6.07, 6.45) is -21.4. The fourth-order valence-electron chi connectivity index (χ4n) is 3.15. The zero-order valence-electron chi connectivity index (χ0n) is 19.0. The van der Waals surface area contributed by atoms with Crippen molar-refractivity contribution in [3.05, 3.63) is 23.8 Å². The monoisotopic (exact) mass is 658 g/mol. The van der Waals surface area contributed by atoms with E-state index >= 15 is 0 Å². The van der Waals surface area contributed by atoms with Crippen LogP contribution in [0.4, 0.5) is 96.6 Å². The standard InChI is InChI=1S/C19H12F22/c20-10(21,12(24,25)14(28,29)15(30,31)17(34,35)19(39,40)41)5-3-8-1-2-9(7-8)4-6-11(22,23)13(26,27)16(32,33)18(36,37)38/h1-2,7-8H,3-6H2. The molecule has 0 aliphatic heterocycles. The Morgan fingerprint density at radius 3 is 1.20 bits per heavy atom. The number of allylic oxidation sites excluding steroid dienone is 4. The topological polar surface area (TPSA) is 0 Å². The maximum atomic E-state index is 13.8. The van der Waals surface area contributed by atoms with E-state index in [-0.39, 0.29) is 0 Å². The van der Waals surface area contributed by atoms with Crippen molar-refractivity contribution in [1.29, 1.82) is 0 Å². The minimum Gasteiger partial charge on any atom is -0.200 e. The van der Waals surface area contributed by atoms with E-state index in [1.165, 1.54) is 0 Å². The Hall–Kier alpha value is -2.06. The Morgan fingerprint density at radius 2 is 0.780 bits per heavy atom. The van der Waals surface area contributed by atoms with Gasteiger partial charge < -0.3 is 0 Å². The Kier molecular flexibility index (Phi) is 9.28. The third-order valence-electron chi connectivity index (χ3n) is 5.71. The fraction of sp³-hybridized carbons (Fsp3) is 0.789. The van der Waals surface area contributed by atoms with Crippen molar-refractivity contribution in [2.75, 3.05) is 0 Å². The molecule has 0 aromatic rings. The molecule has 0 heterocycles. The van der Waals surface area contributed by atoms with Crippen LogP contribution in [0.1, 0.15) is 25.7 Å². The SMILES string of the molecule is FC(F)(F)C(F)(F)C(F)(F)C(F)(F)CCC1=CC(CCC(F)(F)C(F)(F)C(F)(F)C(F)(F)C(F)(F)C(F)(F)F)C=C1. The van der Waals surface area contributed by atoms with E-state index in [1.807, 2.05) is 0 Å². The summed E-state index contributed by atoms with van der Waals surface area (Å²) in [5, 5.41) is 0. The first-order valence-corrected chi connectivity index (χ1v) is 10.2. The minimum atomic E-state index is -8.12. The van der Waals surface area contributed by atoms with Crippen molar-refractivity contribution in [2.45, 2.75) is 85.4 Å². The van der Waals surface area contributed by atoms with Crippen LogP contribution < -0.4 is 0 Å². The molecule has 22 heteroatoms. The highest BCUT2D eigenvalue weighted by Gasteiger charge is 2.90. The van der Waals surface area contributed by atoms with Gasteiger partial charge in [-0.3, -0.25) is 0 Å². The molecule has 1 unspecified atom stereocenters. The van der Waals surface area contributed by atoms with Crippen molar-refractivity contribution >= 4 is 0 Å². The minimum absolute atomic E-state index is 0.425. The molecule has 0 radical (unpaired) electrons. The summed E-state index contributed by atoms with van der Waals surface area (Å²) in [6.45, 7) is 0.